The van der Waals surface area contributed by atoms with Gasteiger partial charge in [-0.15, -0.1) is 11.3 Å². The number of thiophene rings is 1. The molecular formula is C29H37N7O3S2. The summed E-state index contributed by atoms with van der Waals surface area (Å²) in [5.74, 6) is 2.38. The molecule has 0 unspecified atom stereocenters. The number of hydrogen-bond acceptors (Lipinski definition) is 9. The van der Waals surface area contributed by atoms with Crippen LogP contribution in [0.25, 0.3) is 32.5 Å². The average molecular weight is 596 g/mol. The number of ether oxygens (including phenoxy) is 1. The molecule has 41 heavy (non-hydrogen) atoms. The number of aromatic amines is 1. The number of aromatic nitrogens is 3. The molecule has 1 saturated carbocycles. The van der Waals surface area contributed by atoms with E-state index in [0.717, 1.165) is 78.7 Å². The van der Waals surface area contributed by atoms with E-state index in [2.05, 4.69) is 25.8 Å². The van der Waals surface area contributed by atoms with Crippen LogP contribution in [0.15, 0.2) is 35.4 Å². The summed E-state index contributed by atoms with van der Waals surface area (Å²) in [5.41, 5.74) is 2.36. The van der Waals surface area contributed by atoms with E-state index < -0.39 is 10.0 Å². The first-order valence-corrected chi connectivity index (χ1v) is 16.7. The lowest BCUT2D eigenvalue weighted by atomic mass is 10.1. The Bertz CT molecular complexity index is 1660. The Hall–Kier alpha value is -2.61. The minimum atomic E-state index is -3.65. The van der Waals surface area contributed by atoms with Gasteiger partial charge in [-0.05, 0) is 43.0 Å². The Morgan fingerprint density at radius 2 is 1.78 bits per heavy atom. The molecule has 1 aliphatic carbocycles. The molecule has 3 fully saturated rings. The van der Waals surface area contributed by atoms with E-state index in [-0.39, 0.29) is 4.90 Å². The van der Waals surface area contributed by atoms with Gasteiger partial charge in [0.1, 0.15) is 0 Å². The van der Waals surface area contributed by atoms with Gasteiger partial charge in [0.25, 0.3) is 0 Å². The zero-order valence-corrected chi connectivity index (χ0v) is 25.3. The highest BCUT2D eigenvalue weighted by atomic mass is 32.2. The third kappa shape index (κ3) is 5.49. The summed E-state index contributed by atoms with van der Waals surface area (Å²) in [7, 11) is -0.549. The Labute approximate surface area is 245 Å². The van der Waals surface area contributed by atoms with E-state index >= 15 is 0 Å². The molecule has 5 heterocycles. The highest BCUT2D eigenvalue weighted by Crippen LogP contribution is 2.38. The zero-order valence-electron chi connectivity index (χ0n) is 23.7. The van der Waals surface area contributed by atoms with Gasteiger partial charge in [0.05, 0.1) is 28.3 Å². The van der Waals surface area contributed by atoms with E-state index in [4.69, 9.17) is 14.7 Å². The summed E-state index contributed by atoms with van der Waals surface area (Å²) >= 11 is 1.78. The molecule has 4 aromatic rings. The highest BCUT2D eigenvalue weighted by molar-refractivity contribution is 7.89. The van der Waals surface area contributed by atoms with Crippen molar-refractivity contribution in [3.63, 3.8) is 0 Å². The topological polar surface area (TPSA) is 97.9 Å². The first kappa shape index (κ1) is 27.2. The van der Waals surface area contributed by atoms with Crippen LogP contribution in [0.4, 0.5) is 5.82 Å². The third-order valence-corrected chi connectivity index (χ3v) is 11.3. The van der Waals surface area contributed by atoms with E-state index in [1.54, 1.807) is 37.6 Å². The largest absolute Gasteiger partial charge is 0.378 e. The van der Waals surface area contributed by atoms with E-state index in [1.807, 2.05) is 12.3 Å². The quantitative estimate of drug-likeness (QED) is 0.331. The molecule has 0 spiro atoms. The molecule has 3 aromatic heterocycles. The van der Waals surface area contributed by atoms with Gasteiger partial charge in [0.15, 0.2) is 11.6 Å². The molecule has 2 aliphatic heterocycles. The van der Waals surface area contributed by atoms with E-state index in [0.29, 0.717) is 24.6 Å². The second-order valence-corrected chi connectivity index (χ2v) is 14.9. The van der Waals surface area contributed by atoms with Crippen molar-refractivity contribution in [1.29, 1.82) is 0 Å². The Morgan fingerprint density at radius 1 is 1.02 bits per heavy atom. The van der Waals surface area contributed by atoms with Crippen LogP contribution in [-0.4, -0.2) is 111 Å². The molecule has 218 valence electrons. The number of rotatable bonds is 8. The number of H-pyrrole nitrogens is 1. The SMILES string of the molecule is CN(C)S(=O)(=O)c1cc(-c2nc(N3CCOCC3)c3sc(CN4CCN(CC5CC5)CC4)cc3n2)c2cc[nH]c2c1. The molecule has 12 heteroatoms. The van der Waals surface area contributed by atoms with Crippen molar-refractivity contribution in [2.45, 2.75) is 24.3 Å². The van der Waals surface area contributed by atoms with Crippen LogP contribution in [0.2, 0.25) is 0 Å². The predicted molar refractivity (Wildman–Crippen MR) is 163 cm³/mol. The number of fused-ring (bicyclic) bond motifs is 2. The molecule has 3 aliphatic rings. The van der Waals surface area contributed by atoms with Crippen LogP contribution in [-0.2, 0) is 21.3 Å². The van der Waals surface area contributed by atoms with Gasteiger partial charge >= 0.3 is 0 Å². The number of anilines is 1. The number of piperazine rings is 1. The van der Waals surface area contributed by atoms with Gasteiger partial charge < -0.3 is 19.5 Å². The lowest BCUT2D eigenvalue weighted by Crippen LogP contribution is -2.46. The van der Waals surface area contributed by atoms with Crippen LogP contribution in [0.1, 0.15) is 17.7 Å². The predicted octanol–water partition coefficient (Wildman–Crippen LogP) is 3.45. The van der Waals surface area contributed by atoms with Gasteiger partial charge in [-0.25, -0.2) is 22.7 Å². The Balaban J connectivity index is 1.26. The third-order valence-electron chi connectivity index (χ3n) is 8.43. The number of benzene rings is 1. The minimum Gasteiger partial charge on any atom is -0.378 e. The summed E-state index contributed by atoms with van der Waals surface area (Å²) in [5, 5.41) is 0.898. The Morgan fingerprint density at radius 3 is 2.51 bits per heavy atom. The van der Waals surface area contributed by atoms with Crippen molar-refractivity contribution < 1.29 is 13.2 Å². The summed E-state index contributed by atoms with van der Waals surface area (Å²) in [6.07, 6.45) is 4.64. The van der Waals surface area contributed by atoms with Crippen molar-refractivity contribution >= 4 is 48.3 Å². The first-order valence-electron chi connectivity index (χ1n) is 14.5. The van der Waals surface area contributed by atoms with Crippen molar-refractivity contribution in [2.75, 3.05) is 78.0 Å². The van der Waals surface area contributed by atoms with Crippen molar-refractivity contribution in [1.82, 2.24) is 29.1 Å². The fourth-order valence-electron chi connectivity index (χ4n) is 5.85. The maximum Gasteiger partial charge on any atom is 0.242 e. The molecule has 7 rings (SSSR count). The van der Waals surface area contributed by atoms with Crippen LogP contribution in [0, 0.1) is 5.92 Å². The fraction of sp³-hybridized carbons (Fsp3) is 0.517. The molecule has 0 bridgehead atoms. The lowest BCUT2D eigenvalue weighted by molar-refractivity contribution is 0.122. The van der Waals surface area contributed by atoms with E-state index in [1.165, 1.54) is 28.6 Å². The van der Waals surface area contributed by atoms with Gasteiger partial charge in [0.2, 0.25) is 10.0 Å². The summed E-state index contributed by atoms with van der Waals surface area (Å²) < 4.78 is 34.2. The van der Waals surface area contributed by atoms with Crippen molar-refractivity contribution in [3.05, 3.63) is 35.3 Å². The fourth-order valence-corrected chi connectivity index (χ4v) is 7.96. The maximum absolute atomic E-state index is 13.1. The van der Waals surface area contributed by atoms with Crippen LogP contribution < -0.4 is 4.90 Å². The number of morpholine rings is 1. The van der Waals surface area contributed by atoms with Gasteiger partial charge in [-0.2, -0.15) is 0 Å². The van der Waals surface area contributed by atoms with Crippen LogP contribution in [0.3, 0.4) is 0 Å². The second-order valence-electron chi connectivity index (χ2n) is 11.6. The summed E-state index contributed by atoms with van der Waals surface area (Å²) in [6, 6.07) is 7.56. The molecule has 10 nitrogen and oxygen atoms in total. The van der Waals surface area contributed by atoms with Gasteiger partial charge in [-0.1, -0.05) is 0 Å². The molecule has 2 saturated heterocycles. The van der Waals surface area contributed by atoms with E-state index in [9.17, 15) is 8.42 Å². The average Bonchev–Trinajstić information content (AvgIpc) is 3.49. The molecular weight excluding hydrogens is 558 g/mol. The minimum absolute atomic E-state index is 0.218. The molecule has 0 amide bonds. The molecule has 0 radical (unpaired) electrons. The Kier molecular flexibility index (Phi) is 7.24. The second kappa shape index (κ2) is 10.9. The molecule has 1 aromatic carbocycles. The smallest absolute Gasteiger partial charge is 0.242 e. The molecule has 1 N–H and O–H groups in total. The van der Waals surface area contributed by atoms with Gasteiger partial charge in [-0.3, -0.25) is 4.90 Å². The van der Waals surface area contributed by atoms with Crippen LogP contribution >= 0.6 is 11.3 Å². The summed E-state index contributed by atoms with van der Waals surface area (Å²) in [6.45, 7) is 9.47. The monoisotopic (exact) mass is 595 g/mol. The number of hydrogen-bond donors (Lipinski definition) is 1. The number of nitrogens with one attached hydrogen (secondary N) is 1. The zero-order chi connectivity index (χ0) is 28.1. The van der Waals surface area contributed by atoms with Crippen molar-refractivity contribution in [2.24, 2.45) is 5.92 Å². The van der Waals surface area contributed by atoms with Crippen LogP contribution in [0.5, 0.6) is 0 Å². The maximum atomic E-state index is 13.1. The summed E-state index contributed by atoms with van der Waals surface area (Å²) in [4.78, 5) is 22.3. The first-order chi connectivity index (χ1) is 19.8. The lowest BCUT2D eigenvalue weighted by Gasteiger charge is -2.34. The highest BCUT2D eigenvalue weighted by Gasteiger charge is 2.27. The normalized spacial score (nSPS) is 19.6. The molecule has 0 atom stereocenters. The number of nitrogens with zero attached hydrogens (tertiary/aromatic N) is 6. The van der Waals surface area contributed by atoms with Gasteiger partial charge in [0, 0.05) is 94.0 Å². The standard InChI is InChI=1S/C29H37N7O3S2/c1-33(2)41(37,38)22-16-24(23-5-6-30-25(23)17-22)28-31-26-15-21(19-35-9-7-34(8-10-35)18-20-3-4-20)40-27(26)29(32-28)36-11-13-39-14-12-36/h5-6,15-17,20,30H,3-4,7-14,18-19H2,1-2H3. The van der Waals surface area contributed by atoms with Crippen molar-refractivity contribution in [3.8, 4) is 11.4 Å². The number of sulfonamides is 1.